The highest BCUT2D eigenvalue weighted by atomic mass is 16.5. The molecule has 0 aliphatic carbocycles. The fourth-order valence-corrected chi connectivity index (χ4v) is 1.88. The average molecular weight is 257 g/mol. The van der Waals surface area contributed by atoms with Crippen LogP contribution in [-0.4, -0.2) is 18.1 Å². The molecule has 5 nitrogen and oxygen atoms in total. The van der Waals surface area contributed by atoms with E-state index in [1.54, 1.807) is 6.92 Å². The van der Waals surface area contributed by atoms with E-state index in [2.05, 4.69) is 9.72 Å². The summed E-state index contributed by atoms with van der Waals surface area (Å²) in [6, 6.07) is 9.41. The highest BCUT2D eigenvalue weighted by Crippen LogP contribution is 2.28. The molecule has 0 atom stereocenters. The minimum absolute atomic E-state index is 0.165. The average Bonchev–Trinajstić information content (AvgIpc) is 3.00. The fraction of sp³-hybridized carbons (Fsp3) is 0.143. The first kappa shape index (κ1) is 11.5. The number of oxazole rings is 1. The van der Waals surface area contributed by atoms with Gasteiger partial charge in [-0.3, -0.25) is 0 Å². The first-order valence-electron chi connectivity index (χ1n) is 5.73. The standard InChI is InChI=1S/C14H11NO4/c1-8-12(14(16)17-2)15-13(18-8)11-7-9-5-3-4-6-10(9)19-11/h3-7H,1-2H3. The molecule has 0 aliphatic rings. The Hall–Kier alpha value is -2.56. The van der Waals surface area contributed by atoms with Gasteiger partial charge in [-0.25, -0.2) is 4.79 Å². The maximum atomic E-state index is 11.5. The van der Waals surface area contributed by atoms with Crippen LogP contribution in [0, 0.1) is 6.92 Å². The maximum absolute atomic E-state index is 11.5. The molecule has 3 aromatic rings. The molecule has 0 amide bonds. The van der Waals surface area contributed by atoms with Crippen molar-refractivity contribution in [3.8, 4) is 11.7 Å². The van der Waals surface area contributed by atoms with Gasteiger partial charge in [0.25, 0.3) is 5.89 Å². The summed E-state index contributed by atoms with van der Waals surface area (Å²) < 4.78 is 15.7. The van der Waals surface area contributed by atoms with Crippen molar-refractivity contribution in [3.05, 3.63) is 41.8 Å². The van der Waals surface area contributed by atoms with Gasteiger partial charge >= 0.3 is 5.97 Å². The second-order valence-corrected chi connectivity index (χ2v) is 4.06. The van der Waals surface area contributed by atoms with E-state index in [-0.39, 0.29) is 11.6 Å². The topological polar surface area (TPSA) is 65.5 Å². The van der Waals surface area contributed by atoms with Crippen LogP contribution >= 0.6 is 0 Å². The molecule has 0 bridgehead atoms. The summed E-state index contributed by atoms with van der Waals surface area (Å²) in [5.74, 6) is 0.638. The first-order chi connectivity index (χ1) is 9.19. The van der Waals surface area contributed by atoms with Gasteiger partial charge in [-0.15, -0.1) is 0 Å². The summed E-state index contributed by atoms with van der Waals surface area (Å²) in [6.07, 6.45) is 0. The lowest BCUT2D eigenvalue weighted by molar-refractivity contribution is 0.0593. The van der Waals surface area contributed by atoms with Crippen LogP contribution in [0.25, 0.3) is 22.6 Å². The van der Waals surface area contributed by atoms with E-state index in [4.69, 9.17) is 8.83 Å². The molecule has 0 radical (unpaired) electrons. The van der Waals surface area contributed by atoms with Crippen LogP contribution in [0.15, 0.2) is 39.2 Å². The van der Waals surface area contributed by atoms with Gasteiger partial charge < -0.3 is 13.6 Å². The van der Waals surface area contributed by atoms with E-state index in [1.807, 2.05) is 30.3 Å². The lowest BCUT2D eigenvalue weighted by Crippen LogP contribution is -2.03. The number of hydrogen-bond donors (Lipinski definition) is 0. The number of carbonyl (C=O) groups is 1. The Morgan fingerprint density at radius 1 is 1.26 bits per heavy atom. The Bertz CT molecular complexity index is 721. The summed E-state index contributed by atoms with van der Waals surface area (Å²) in [4.78, 5) is 15.6. The molecule has 0 fully saturated rings. The number of rotatable bonds is 2. The monoisotopic (exact) mass is 257 g/mol. The zero-order chi connectivity index (χ0) is 13.4. The number of esters is 1. The molecule has 0 spiro atoms. The maximum Gasteiger partial charge on any atom is 0.360 e. The molecule has 96 valence electrons. The van der Waals surface area contributed by atoms with Gasteiger partial charge in [0.05, 0.1) is 7.11 Å². The number of aryl methyl sites for hydroxylation is 1. The summed E-state index contributed by atoms with van der Waals surface area (Å²) in [6.45, 7) is 1.66. The summed E-state index contributed by atoms with van der Waals surface area (Å²) in [7, 11) is 1.30. The summed E-state index contributed by atoms with van der Waals surface area (Å²) in [5, 5.41) is 0.952. The van der Waals surface area contributed by atoms with Crippen molar-refractivity contribution < 1.29 is 18.4 Å². The van der Waals surface area contributed by atoms with Crippen LogP contribution < -0.4 is 0 Å². The third kappa shape index (κ3) is 1.89. The third-order valence-electron chi connectivity index (χ3n) is 2.81. The van der Waals surface area contributed by atoms with Crippen LogP contribution in [0.4, 0.5) is 0 Å². The van der Waals surface area contributed by atoms with Gasteiger partial charge in [-0.05, 0) is 19.1 Å². The predicted octanol–water partition coefficient (Wildman–Crippen LogP) is 3.18. The zero-order valence-electron chi connectivity index (χ0n) is 10.5. The van der Waals surface area contributed by atoms with Crippen LogP contribution in [0.2, 0.25) is 0 Å². The molecule has 3 rings (SSSR count). The smallest absolute Gasteiger partial charge is 0.360 e. The van der Waals surface area contributed by atoms with E-state index >= 15 is 0 Å². The highest BCUT2D eigenvalue weighted by Gasteiger charge is 2.20. The van der Waals surface area contributed by atoms with Crippen molar-refractivity contribution in [1.82, 2.24) is 4.98 Å². The molecule has 0 aliphatic heterocycles. The van der Waals surface area contributed by atoms with Crippen LogP contribution in [0.5, 0.6) is 0 Å². The Labute approximate surface area is 108 Å². The first-order valence-corrected chi connectivity index (χ1v) is 5.73. The quantitative estimate of drug-likeness (QED) is 0.659. The van der Waals surface area contributed by atoms with Gasteiger partial charge in [0.15, 0.2) is 11.5 Å². The van der Waals surface area contributed by atoms with Crippen molar-refractivity contribution in [1.29, 1.82) is 0 Å². The van der Waals surface area contributed by atoms with E-state index < -0.39 is 5.97 Å². The third-order valence-corrected chi connectivity index (χ3v) is 2.81. The Kier molecular flexibility index (Phi) is 2.59. The zero-order valence-corrected chi connectivity index (χ0v) is 10.5. The summed E-state index contributed by atoms with van der Waals surface area (Å²) in [5.41, 5.74) is 0.908. The largest absolute Gasteiger partial charge is 0.464 e. The fourth-order valence-electron chi connectivity index (χ4n) is 1.88. The highest BCUT2D eigenvalue weighted by molar-refractivity contribution is 5.89. The van der Waals surface area contributed by atoms with Crippen LogP contribution in [0.3, 0.4) is 0 Å². The van der Waals surface area contributed by atoms with E-state index in [1.165, 1.54) is 7.11 Å². The number of para-hydroxylation sites is 1. The number of carbonyl (C=O) groups excluding carboxylic acids is 1. The van der Waals surface area contributed by atoms with Crippen molar-refractivity contribution in [2.75, 3.05) is 7.11 Å². The van der Waals surface area contributed by atoms with Gasteiger partial charge in [-0.2, -0.15) is 4.98 Å². The number of benzene rings is 1. The molecule has 0 saturated carbocycles. The second kappa shape index (κ2) is 4.28. The van der Waals surface area contributed by atoms with Gasteiger partial charge in [0.1, 0.15) is 11.3 Å². The molecule has 5 heteroatoms. The van der Waals surface area contributed by atoms with Gasteiger partial charge in [0, 0.05) is 5.39 Å². The van der Waals surface area contributed by atoms with Crippen molar-refractivity contribution in [2.24, 2.45) is 0 Å². The molecular formula is C14H11NO4. The van der Waals surface area contributed by atoms with Crippen molar-refractivity contribution in [3.63, 3.8) is 0 Å². The number of methoxy groups -OCH3 is 1. The number of ether oxygens (including phenoxy) is 1. The predicted molar refractivity (Wildman–Crippen MR) is 67.8 cm³/mol. The number of furan rings is 1. The van der Waals surface area contributed by atoms with Crippen LogP contribution in [0.1, 0.15) is 16.2 Å². The molecule has 2 aromatic heterocycles. The van der Waals surface area contributed by atoms with E-state index in [9.17, 15) is 4.79 Å². The Morgan fingerprint density at radius 3 is 2.79 bits per heavy atom. The van der Waals surface area contributed by atoms with Crippen molar-refractivity contribution >= 4 is 16.9 Å². The number of hydrogen-bond acceptors (Lipinski definition) is 5. The Morgan fingerprint density at radius 2 is 2.05 bits per heavy atom. The lowest BCUT2D eigenvalue weighted by atomic mass is 10.2. The van der Waals surface area contributed by atoms with E-state index in [0.29, 0.717) is 11.5 Å². The second-order valence-electron chi connectivity index (χ2n) is 4.06. The molecule has 1 aromatic carbocycles. The number of nitrogens with zero attached hydrogens (tertiary/aromatic N) is 1. The van der Waals surface area contributed by atoms with E-state index in [0.717, 1.165) is 11.0 Å². The van der Waals surface area contributed by atoms with Gasteiger partial charge in [-0.1, -0.05) is 18.2 Å². The minimum atomic E-state index is -0.524. The Balaban J connectivity index is 2.09. The minimum Gasteiger partial charge on any atom is -0.464 e. The molecule has 0 saturated heterocycles. The summed E-state index contributed by atoms with van der Waals surface area (Å²) >= 11 is 0. The van der Waals surface area contributed by atoms with Crippen molar-refractivity contribution in [2.45, 2.75) is 6.92 Å². The number of fused-ring (bicyclic) bond motifs is 1. The number of aromatic nitrogens is 1. The SMILES string of the molecule is COC(=O)c1nc(-c2cc3ccccc3o2)oc1C. The van der Waals surface area contributed by atoms with Gasteiger partial charge in [0.2, 0.25) is 0 Å². The normalized spacial score (nSPS) is 10.8. The molecular weight excluding hydrogens is 246 g/mol. The molecule has 0 unspecified atom stereocenters. The lowest BCUT2D eigenvalue weighted by Gasteiger charge is -1.91. The molecule has 2 heterocycles. The molecule has 19 heavy (non-hydrogen) atoms. The molecule has 0 N–H and O–H groups in total. The van der Waals surface area contributed by atoms with Crippen LogP contribution in [-0.2, 0) is 4.74 Å².